The number of hydrogen-bond donors (Lipinski definition) is 1. The molecule has 0 aromatic carbocycles. The van der Waals surface area contributed by atoms with E-state index in [4.69, 9.17) is 23.2 Å². The summed E-state index contributed by atoms with van der Waals surface area (Å²) in [5.41, 5.74) is 1.18. The summed E-state index contributed by atoms with van der Waals surface area (Å²) in [7, 11) is 0. The van der Waals surface area contributed by atoms with Gasteiger partial charge in [0.2, 0.25) is 0 Å². The maximum atomic E-state index is 5.87. The molecule has 3 atom stereocenters. The molecule has 2 heterocycles. The number of piperidine rings is 1. The van der Waals surface area contributed by atoms with Crippen molar-refractivity contribution in [3.05, 3.63) is 28.0 Å². The highest BCUT2D eigenvalue weighted by Gasteiger charge is 2.48. The van der Waals surface area contributed by atoms with Crippen LogP contribution >= 0.6 is 23.2 Å². The van der Waals surface area contributed by atoms with Crippen molar-refractivity contribution in [3.63, 3.8) is 0 Å². The number of rotatable bonds is 1. The lowest BCUT2D eigenvalue weighted by Gasteiger charge is -2.13. The van der Waals surface area contributed by atoms with Gasteiger partial charge in [0.15, 0.2) is 0 Å². The van der Waals surface area contributed by atoms with Crippen molar-refractivity contribution in [2.75, 3.05) is 6.54 Å². The van der Waals surface area contributed by atoms with E-state index in [-0.39, 0.29) is 0 Å². The molecular weight excluding hydrogens is 219 g/mol. The average molecular weight is 229 g/mol. The maximum absolute atomic E-state index is 5.87. The van der Waals surface area contributed by atoms with Crippen LogP contribution in [0, 0.1) is 11.8 Å². The standard InChI is InChI=1S/C10H10Cl2N2/c11-8-2-5(3-9(12)14-8)10-7-1-6(7)4-13-10/h2-3,6-7,10,13H,1,4H2/t6?,7?,10-/m1/s1. The molecule has 14 heavy (non-hydrogen) atoms. The van der Waals surface area contributed by atoms with Crippen molar-refractivity contribution >= 4 is 23.2 Å². The summed E-state index contributed by atoms with van der Waals surface area (Å²) in [4.78, 5) is 3.95. The number of nitrogens with one attached hydrogen (secondary N) is 1. The Hall–Kier alpha value is -0.310. The summed E-state index contributed by atoms with van der Waals surface area (Å²) in [6.45, 7) is 1.13. The Labute approximate surface area is 92.6 Å². The molecule has 1 aromatic heterocycles. The molecule has 0 spiro atoms. The summed E-state index contributed by atoms with van der Waals surface area (Å²) >= 11 is 11.7. The topological polar surface area (TPSA) is 24.9 Å². The summed E-state index contributed by atoms with van der Waals surface area (Å²) in [5.74, 6) is 1.68. The molecule has 2 unspecified atom stereocenters. The molecule has 2 nitrogen and oxygen atoms in total. The van der Waals surface area contributed by atoms with Crippen molar-refractivity contribution in [1.82, 2.24) is 10.3 Å². The lowest BCUT2D eigenvalue weighted by Crippen LogP contribution is -2.18. The van der Waals surface area contributed by atoms with Gasteiger partial charge in [0.05, 0.1) is 0 Å². The quantitative estimate of drug-likeness (QED) is 0.749. The van der Waals surface area contributed by atoms with Gasteiger partial charge >= 0.3 is 0 Å². The van der Waals surface area contributed by atoms with Gasteiger partial charge in [-0.05, 0) is 42.5 Å². The van der Waals surface area contributed by atoms with Crippen LogP contribution < -0.4 is 5.32 Å². The second kappa shape index (κ2) is 3.09. The first kappa shape index (κ1) is 8.96. The molecule has 2 aliphatic rings. The third kappa shape index (κ3) is 1.42. The highest BCUT2D eigenvalue weighted by Crippen LogP contribution is 2.51. The second-order valence-electron chi connectivity index (χ2n) is 4.09. The van der Waals surface area contributed by atoms with Crippen LogP contribution in [0.3, 0.4) is 0 Å². The van der Waals surface area contributed by atoms with Crippen LogP contribution in [-0.4, -0.2) is 11.5 Å². The van der Waals surface area contributed by atoms with Crippen molar-refractivity contribution in [2.45, 2.75) is 12.5 Å². The van der Waals surface area contributed by atoms with Crippen molar-refractivity contribution in [2.24, 2.45) is 11.8 Å². The van der Waals surface area contributed by atoms with E-state index in [0.717, 1.165) is 18.4 Å². The Bertz CT molecular complexity index is 360. The fourth-order valence-corrected chi connectivity index (χ4v) is 2.85. The lowest BCUT2D eigenvalue weighted by atomic mass is 10.1. The molecule has 0 radical (unpaired) electrons. The van der Waals surface area contributed by atoms with E-state index >= 15 is 0 Å². The fourth-order valence-electron chi connectivity index (χ4n) is 2.37. The van der Waals surface area contributed by atoms with E-state index in [2.05, 4.69) is 10.3 Å². The predicted molar refractivity (Wildman–Crippen MR) is 56.6 cm³/mol. The summed E-state index contributed by atoms with van der Waals surface area (Å²) < 4.78 is 0. The summed E-state index contributed by atoms with van der Waals surface area (Å²) in [5, 5.41) is 4.45. The first-order valence-electron chi connectivity index (χ1n) is 4.80. The Morgan fingerprint density at radius 2 is 2.00 bits per heavy atom. The van der Waals surface area contributed by atoms with E-state index in [1.165, 1.54) is 12.0 Å². The van der Waals surface area contributed by atoms with Gasteiger partial charge in [-0.2, -0.15) is 0 Å². The molecule has 1 saturated heterocycles. The van der Waals surface area contributed by atoms with Crippen molar-refractivity contribution < 1.29 is 0 Å². The largest absolute Gasteiger partial charge is 0.309 e. The van der Waals surface area contributed by atoms with E-state index in [1.54, 1.807) is 0 Å². The Morgan fingerprint density at radius 1 is 1.29 bits per heavy atom. The van der Waals surface area contributed by atoms with Gasteiger partial charge < -0.3 is 5.32 Å². The average Bonchev–Trinajstić information content (AvgIpc) is 2.76. The van der Waals surface area contributed by atoms with E-state index < -0.39 is 0 Å². The number of nitrogens with zero attached hydrogens (tertiary/aromatic N) is 1. The normalized spacial score (nSPS) is 34.3. The zero-order valence-electron chi connectivity index (χ0n) is 7.50. The van der Waals surface area contributed by atoms with Crippen LogP contribution in [0.25, 0.3) is 0 Å². The molecule has 1 N–H and O–H groups in total. The summed E-state index contributed by atoms with van der Waals surface area (Å²) in [6.07, 6.45) is 1.34. The SMILES string of the molecule is Clc1cc([C@H]2NCC3CC32)cc(Cl)n1. The number of fused-ring (bicyclic) bond motifs is 1. The molecule has 4 heteroatoms. The molecule has 74 valence electrons. The molecule has 3 rings (SSSR count). The maximum Gasteiger partial charge on any atom is 0.131 e. The molecule has 1 aliphatic carbocycles. The van der Waals surface area contributed by atoms with Gasteiger partial charge in [-0.15, -0.1) is 0 Å². The second-order valence-corrected chi connectivity index (χ2v) is 4.87. The Balaban J connectivity index is 1.95. The van der Waals surface area contributed by atoms with Gasteiger partial charge in [-0.1, -0.05) is 23.2 Å². The highest BCUT2D eigenvalue weighted by atomic mass is 35.5. The van der Waals surface area contributed by atoms with Gasteiger partial charge in [0.25, 0.3) is 0 Å². The summed E-state index contributed by atoms with van der Waals surface area (Å²) in [6, 6.07) is 4.26. The van der Waals surface area contributed by atoms with Gasteiger partial charge in [-0.25, -0.2) is 4.98 Å². The van der Waals surface area contributed by atoms with Crippen LogP contribution in [0.15, 0.2) is 12.1 Å². The molecule has 0 amide bonds. The van der Waals surface area contributed by atoms with Crippen LogP contribution in [0.1, 0.15) is 18.0 Å². The van der Waals surface area contributed by atoms with Crippen LogP contribution in [0.2, 0.25) is 10.3 Å². The zero-order valence-corrected chi connectivity index (χ0v) is 9.02. The fraction of sp³-hybridized carbons (Fsp3) is 0.500. The van der Waals surface area contributed by atoms with E-state index in [1.807, 2.05) is 12.1 Å². The van der Waals surface area contributed by atoms with Gasteiger partial charge in [0, 0.05) is 6.04 Å². The minimum Gasteiger partial charge on any atom is -0.309 e. The molecule has 1 saturated carbocycles. The highest BCUT2D eigenvalue weighted by molar-refractivity contribution is 6.32. The molecule has 0 bridgehead atoms. The van der Waals surface area contributed by atoms with Crippen LogP contribution in [0.4, 0.5) is 0 Å². The third-order valence-corrected chi connectivity index (χ3v) is 3.54. The van der Waals surface area contributed by atoms with Crippen molar-refractivity contribution in [1.29, 1.82) is 0 Å². The predicted octanol–water partition coefficient (Wildman–Crippen LogP) is 2.67. The van der Waals surface area contributed by atoms with Crippen LogP contribution in [0.5, 0.6) is 0 Å². The lowest BCUT2D eigenvalue weighted by molar-refractivity contribution is 0.562. The Morgan fingerprint density at radius 3 is 2.50 bits per heavy atom. The van der Waals surface area contributed by atoms with Crippen molar-refractivity contribution in [3.8, 4) is 0 Å². The van der Waals surface area contributed by atoms with Gasteiger partial charge in [0.1, 0.15) is 10.3 Å². The first-order valence-corrected chi connectivity index (χ1v) is 5.56. The number of pyridine rings is 1. The number of hydrogen-bond acceptors (Lipinski definition) is 2. The molecule has 2 fully saturated rings. The van der Waals surface area contributed by atoms with E-state index in [9.17, 15) is 0 Å². The molecule has 1 aromatic rings. The van der Waals surface area contributed by atoms with Crippen LogP contribution in [-0.2, 0) is 0 Å². The van der Waals surface area contributed by atoms with E-state index in [0.29, 0.717) is 16.3 Å². The monoisotopic (exact) mass is 228 g/mol. The number of aromatic nitrogens is 1. The van der Waals surface area contributed by atoms with Gasteiger partial charge in [-0.3, -0.25) is 0 Å². The minimum atomic E-state index is 0.443. The Kier molecular flexibility index (Phi) is 1.98. The zero-order chi connectivity index (χ0) is 9.71. The smallest absolute Gasteiger partial charge is 0.131 e. The third-order valence-electron chi connectivity index (χ3n) is 3.15. The molecule has 1 aliphatic heterocycles. The number of halogens is 2. The molecular formula is C10H10Cl2N2. The minimum absolute atomic E-state index is 0.443. The first-order chi connectivity index (χ1) is 6.74.